The van der Waals surface area contributed by atoms with Crippen LogP contribution in [0.4, 0.5) is 5.82 Å². The summed E-state index contributed by atoms with van der Waals surface area (Å²) in [7, 11) is 0. The van der Waals surface area contributed by atoms with Crippen molar-refractivity contribution in [1.82, 2.24) is 4.98 Å². The van der Waals surface area contributed by atoms with E-state index in [2.05, 4.69) is 10.3 Å². The summed E-state index contributed by atoms with van der Waals surface area (Å²) in [6, 6.07) is 5.53. The number of thiocarbonyl (C=S) groups is 1. The molecule has 0 aliphatic carbocycles. The van der Waals surface area contributed by atoms with Gasteiger partial charge in [-0.3, -0.25) is 0 Å². The van der Waals surface area contributed by atoms with Crippen LogP contribution in [0.3, 0.4) is 0 Å². The topological polar surface area (TPSA) is 60.2 Å². The van der Waals surface area contributed by atoms with Crippen LogP contribution < -0.4 is 11.1 Å². The Labute approximate surface area is 101 Å². The van der Waals surface area contributed by atoms with Gasteiger partial charge in [0, 0.05) is 6.54 Å². The number of nitrogens with zero attached hydrogens (tertiary/aromatic N) is 1. The first kappa shape index (κ1) is 12.9. The number of pyridine rings is 1. The normalized spacial score (nSPS) is 10.4. The molecule has 5 heteroatoms. The first-order chi connectivity index (χ1) is 7.59. The van der Waals surface area contributed by atoms with Gasteiger partial charge in [0.2, 0.25) is 0 Å². The molecule has 1 heterocycles. The molecule has 0 radical (unpaired) electrons. The fraction of sp³-hybridized carbons (Fsp3) is 0.455. The van der Waals surface area contributed by atoms with E-state index in [4.69, 9.17) is 22.7 Å². The van der Waals surface area contributed by atoms with E-state index in [0.717, 1.165) is 5.82 Å². The van der Waals surface area contributed by atoms with Gasteiger partial charge in [-0.2, -0.15) is 0 Å². The van der Waals surface area contributed by atoms with Crippen molar-refractivity contribution >= 4 is 23.0 Å². The van der Waals surface area contributed by atoms with Crippen molar-refractivity contribution in [2.75, 3.05) is 18.5 Å². The monoisotopic (exact) mass is 239 g/mol. The van der Waals surface area contributed by atoms with E-state index in [9.17, 15) is 0 Å². The van der Waals surface area contributed by atoms with Crippen LogP contribution in [0.1, 0.15) is 19.5 Å². The summed E-state index contributed by atoms with van der Waals surface area (Å²) in [5.41, 5.74) is 6.12. The van der Waals surface area contributed by atoms with E-state index in [1.54, 1.807) is 6.07 Å². The molecule has 0 aliphatic rings. The second kappa shape index (κ2) is 6.40. The Morgan fingerprint density at radius 2 is 2.31 bits per heavy atom. The lowest BCUT2D eigenvalue weighted by molar-refractivity contribution is 0.0870. The van der Waals surface area contributed by atoms with Crippen molar-refractivity contribution in [3.8, 4) is 0 Å². The van der Waals surface area contributed by atoms with Crippen molar-refractivity contribution in [2.45, 2.75) is 20.0 Å². The van der Waals surface area contributed by atoms with Crippen LogP contribution >= 0.6 is 12.2 Å². The zero-order chi connectivity index (χ0) is 12.0. The van der Waals surface area contributed by atoms with Crippen molar-refractivity contribution in [2.24, 2.45) is 5.73 Å². The zero-order valence-electron chi connectivity index (χ0n) is 9.56. The fourth-order valence-electron chi connectivity index (χ4n) is 1.14. The maximum Gasteiger partial charge on any atom is 0.126 e. The van der Waals surface area contributed by atoms with Crippen LogP contribution in [-0.4, -0.2) is 29.2 Å². The SMILES string of the molecule is CC(C)OCCNc1cccc(C(N)=S)n1. The van der Waals surface area contributed by atoms with Crippen LogP contribution in [0.2, 0.25) is 0 Å². The van der Waals surface area contributed by atoms with Gasteiger partial charge in [0.15, 0.2) is 0 Å². The molecule has 1 aromatic heterocycles. The molecule has 3 N–H and O–H groups in total. The van der Waals surface area contributed by atoms with Gasteiger partial charge in [-0.1, -0.05) is 18.3 Å². The quantitative estimate of drug-likeness (QED) is 0.582. The number of ether oxygens (including phenoxy) is 1. The summed E-state index contributed by atoms with van der Waals surface area (Å²) in [4.78, 5) is 4.56. The summed E-state index contributed by atoms with van der Waals surface area (Å²) in [5.74, 6) is 0.762. The van der Waals surface area contributed by atoms with Crippen LogP contribution in [0.5, 0.6) is 0 Å². The molecular weight excluding hydrogens is 222 g/mol. The van der Waals surface area contributed by atoms with Gasteiger partial charge >= 0.3 is 0 Å². The van der Waals surface area contributed by atoms with Gasteiger partial charge in [0.05, 0.1) is 18.4 Å². The number of nitrogens with one attached hydrogen (secondary N) is 1. The van der Waals surface area contributed by atoms with Gasteiger partial charge in [-0.05, 0) is 26.0 Å². The molecule has 4 nitrogen and oxygen atoms in total. The molecule has 0 amide bonds. The minimum absolute atomic E-state index is 0.248. The molecule has 0 aromatic carbocycles. The van der Waals surface area contributed by atoms with Crippen LogP contribution in [0, 0.1) is 0 Å². The number of anilines is 1. The number of rotatable bonds is 6. The van der Waals surface area contributed by atoms with Crippen molar-refractivity contribution < 1.29 is 4.74 Å². The summed E-state index contributed by atoms with van der Waals surface area (Å²) in [6.45, 7) is 5.38. The molecular formula is C11H17N3OS. The largest absolute Gasteiger partial charge is 0.388 e. The maximum absolute atomic E-state index is 5.49. The van der Waals surface area contributed by atoms with E-state index < -0.39 is 0 Å². The second-order valence-electron chi connectivity index (χ2n) is 3.62. The lowest BCUT2D eigenvalue weighted by atomic mass is 10.3. The van der Waals surface area contributed by atoms with E-state index in [1.165, 1.54) is 0 Å². The average Bonchev–Trinajstić information content (AvgIpc) is 2.24. The summed E-state index contributed by atoms with van der Waals surface area (Å²) < 4.78 is 5.40. The minimum atomic E-state index is 0.248. The van der Waals surface area contributed by atoms with Crippen molar-refractivity contribution in [3.63, 3.8) is 0 Å². The Balaban J connectivity index is 2.42. The summed E-state index contributed by atoms with van der Waals surface area (Å²) in [5, 5.41) is 3.14. The Kier molecular flexibility index (Phi) is 5.14. The van der Waals surface area contributed by atoms with Crippen molar-refractivity contribution in [3.05, 3.63) is 23.9 Å². The molecule has 0 unspecified atom stereocenters. The smallest absolute Gasteiger partial charge is 0.126 e. The number of aromatic nitrogens is 1. The number of nitrogens with two attached hydrogens (primary N) is 1. The molecule has 0 fully saturated rings. The Bertz CT molecular complexity index is 355. The Morgan fingerprint density at radius 3 is 2.94 bits per heavy atom. The third-order valence-corrected chi connectivity index (χ3v) is 2.07. The lowest BCUT2D eigenvalue weighted by Crippen LogP contribution is -2.16. The molecule has 0 spiro atoms. The number of hydrogen-bond donors (Lipinski definition) is 2. The second-order valence-corrected chi connectivity index (χ2v) is 4.06. The van der Waals surface area contributed by atoms with Crippen molar-refractivity contribution in [1.29, 1.82) is 0 Å². The van der Waals surface area contributed by atoms with E-state index >= 15 is 0 Å². The Hall–Kier alpha value is -1.20. The van der Waals surface area contributed by atoms with Gasteiger partial charge in [0.1, 0.15) is 10.8 Å². The molecule has 0 aliphatic heterocycles. The predicted molar refractivity (Wildman–Crippen MR) is 69.7 cm³/mol. The molecule has 1 aromatic rings. The van der Waals surface area contributed by atoms with Gasteiger partial charge in [-0.15, -0.1) is 0 Å². The minimum Gasteiger partial charge on any atom is -0.388 e. The average molecular weight is 239 g/mol. The standard InChI is InChI=1S/C11H17N3OS/c1-8(2)15-7-6-13-10-5-3-4-9(14-10)11(12)16/h3-5,8H,6-7H2,1-2H3,(H2,12,16)(H,13,14). The zero-order valence-corrected chi connectivity index (χ0v) is 10.4. The first-order valence-electron chi connectivity index (χ1n) is 5.22. The highest BCUT2D eigenvalue weighted by molar-refractivity contribution is 7.80. The molecule has 16 heavy (non-hydrogen) atoms. The van der Waals surface area contributed by atoms with Crippen LogP contribution in [0.25, 0.3) is 0 Å². The predicted octanol–water partition coefficient (Wildman–Crippen LogP) is 1.55. The molecule has 88 valence electrons. The first-order valence-corrected chi connectivity index (χ1v) is 5.62. The molecule has 0 bridgehead atoms. The molecule has 0 saturated carbocycles. The van der Waals surface area contributed by atoms with Gasteiger partial charge in [0.25, 0.3) is 0 Å². The third kappa shape index (κ3) is 4.55. The van der Waals surface area contributed by atoms with E-state index in [-0.39, 0.29) is 6.10 Å². The maximum atomic E-state index is 5.49. The lowest BCUT2D eigenvalue weighted by Gasteiger charge is -2.09. The van der Waals surface area contributed by atoms with Crippen LogP contribution in [-0.2, 0) is 4.74 Å². The Morgan fingerprint density at radius 1 is 1.56 bits per heavy atom. The van der Waals surface area contributed by atoms with E-state index in [0.29, 0.717) is 23.8 Å². The highest BCUT2D eigenvalue weighted by Crippen LogP contribution is 2.04. The summed E-state index contributed by atoms with van der Waals surface area (Å²) in [6.07, 6.45) is 0.248. The number of hydrogen-bond acceptors (Lipinski definition) is 4. The van der Waals surface area contributed by atoms with Crippen LogP contribution in [0.15, 0.2) is 18.2 Å². The molecule has 0 atom stereocenters. The molecule has 0 saturated heterocycles. The highest BCUT2D eigenvalue weighted by Gasteiger charge is 1.99. The van der Waals surface area contributed by atoms with E-state index in [1.807, 2.05) is 26.0 Å². The third-order valence-electron chi connectivity index (χ3n) is 1.86. The van der Waals surface area contributed by atoms with Gasteiger partial charge in [-0.25, -0.2) is 4.98 Å². The van der Waals surface area contributed by atoms with Gasteiger partial charge < -0.3 is 15.8 Å². The molecule has 1 rings (SSSR count). The summed E-state index contributed by atoms with van der Waals surface area (Å²) >= 11 is 4.85. The highest BCUT2D eigenvalue weighted by atomic mass is 32.1. The fourth-order valence-corrected chi connectivity index (χ4v) is 1.26.